The van der Waals surface area contributed by atoms with E-state index in [0.29, 0.717) is 35.2 Å². The molecule has 15 nitrogen and oxygen atoms in total. The van der Waals surface area contributed by atoms with Crippen molar-refractivity contribution in [2.75, 3.05) is 32.8 Å². The Kier molecular flexibility index (Phi) is 15.6. The van der Waals surface area contributed by atoms with Gasteiger partial charge in [-0.2, -0.15) is 0 Å². The number of aromatic nitrogens is 1. The lowest BCUT2D eigenvalue weighted by molar-refractivity contribution is -0.145. The monoisotopic (exact) mass is 989 g/mol. The van der Waals surface area contributed by atoms with E-state index in [9.17, 15) is 24.3 Å². The van der Waals surface area contributed by atoms with Gasteiger partial charge >= 0.3 is 19.2 Å². The number of halogens is 1. The number of alkyl carbamates (subject to hydrolysis) is 1. The SMILES string of the molecule is CC1(C)OB(/C=C/CCC[C@@H]2C[C@H]2OC(=O)N[C@H]2CCCCC/C=C\[C@@H]3C[C@@]3(C(=O)O)NC(=O)[C@@H]3C[C@@H](Oc4nc5ccccc5c(OCCCN5CCCCC5)c4Br)CN3C2=O)OC1(C)C. The lowest BCUT2D eigenvalue weighted by Gasteiger charge is -2.32. The zero-order valence-corrected chi connectivity index (χ0v) is 41.2. The number of hydrogen-bond acceptors (Lipinski definition) is 11. The second kappa shape index (κ2) is 21.2. The molecule has 8 rings (SSSR count). The molecule has 67 heavy (non-hydrogen) atoms. The number of fused-ring (bicyclic) bond motifs is 3. The number of hydrogen-bond donors (Lipinski definition) is 3. The van der Waals surface area contributed by atoms with E-state index in [1.807, 2.05) is 70.1 Å². The average molecular weight is 991 g/mol. The van der Waals surface area contributed by atoms with Gasteiger partial charge in [-0.05, 0) is 145 Å². The highest BCUT2D eigenvalue weighted by Crippen LogP contribution is 2.46. The fraction of sp³-hybridized carbons (Fsp3) is 0.660. The summed E-state index contributed by atoms with van der Waals surface area (Å²) in [6, 6.07) is 5.63. The molecular weight excluding hydrogens is 921 g/mol. The smallest absolute Gasteiger partial charge is 0.486 e. The number of aliphatic carboxylic acids is 1. The third-order valence-electron chi connectivity index (χ3n) is 14.9. The van der Waals surface area contributed by atoms with Gasteiger partial charge in [0.05, 0.1) is 29.9 Å². The third kappa shape index (κ3) is 11.8. The van der Waals surface area contributed by atoms with Gasteiger partial charge in [-0.1, -0.05) is 55.6 Å². The van der Waals surface area contributed by atoms with Gasteiger partial charge in [-0.15, -0.1) is 0 Å². The number of allylic oxidation sites excluding steroid dienone is 2. The van der Waals surface area contributed by atoms with Crippen LogP contribution in [-0.4, -0.2) is 125 Å². The molecule has 1 aromatic carbocycles. The number of pyridine rings is 1. The Labute approximate surface area is 403 Å². The number of ether oxygens (including phenoxy) is 3. The van der Waals surface area contributed by atoms with Crippen LogP contribution in [0.25, 0.3) is 10.9 Å². The molecule has 4 aliphatic heterocycles. The van der Waals surface area contributed by atoms with Gasteiger partial charge < -0.3 is 49.1 Å². The number of carboxylic acid groups (broad SMARTS) is 1. The molecule has 3 amide bonds. The number of para-hydroxylation sites is 1. The van der Waals surface area contributed by atoms with Gasteiger partial charge in [-0.3, -0.25) is 9.59 Å². The van der Waals surface area contributed by atoms with E-state index in [1.165, 1.54) is 24.2 Å². The number of nitrogens with zero attached hydrogens (tertiary/aromatic N) is 3. The Morgan fingerprint density at radius 2 is 1.79 bits per heavy atom. The van der Waals surface area contributed by atoms with E-state index >= 15 is 0 Å². The van der Waals surface area contributed by atoms with Crippen molar-refractivity contribution in [3.8, 4) is 11.6 Å². The number of piperidine rings is 1. The summed E-state index contributed by atoms with van der Waals surface area (Å²) >= 11 is 3.74. The number of benzene rings is 1. The van der Waals surface area contributed by atoms with Crippen molar-refractivity contribution in [1.29, 1.82) is 0 Å². The first-order valence-electron chi connectivity index (χ1n) is 24.8. The molecule has 5 fully saturated rings. The molecular formula is C50H69BBrN5O10. The summed E-state index contributed by atoms with van der Waals surface area (Å²) in [5.41, 5.74) is -1.57. The van der Waals surface area contributed by atoms with Crippen LogP contribution >= 0.6 is 15.9 Å². The lowest BCUT2D eigenvalue weighted by atomic mass is 9.89. The largest absolute Gasteiger partial charge is 0.491 e. The summed E-state index contributed by atoms with van der Waals surface area (Å²) in [6.45, 7) is 11.8. The number of likely N-dealkylation sites (tertiary alicyclic amines) is 1. The van der Waals surface area contributed by atoms with Crippen LogP contribution in [0.2, 0.25) is 0 Å². The van der Waals surface area contributed by atoms with Crippen LogP contribution in [0.5, 0.6) is 11.6 Å². The van der Waals surface area contributed by atoms with Gasteiger partial charge in [0.1, 0.15) is 40.1 Å². The molecule has 2 aliphatic carbocycles. The van der Waals surface area contributed by atoms with Crippen molar-refractivity contribution in [2.24, 2.45) is 11.8 Å². The molecule has 3 saturated heterocycles. The van der Waals surface area contributed by atoms with Crippen LogP contribution < -0.4 is 20.1 Å². The van der Waals surface area contributed by atoms with Gasteiger partial charge in [0.2, 0.25) is 17.7 Å². The fourth-order valence-electron chi connectivity index (χ4n) is 9.96. The van der Waals surface area contributed by atoms with Crippen molar-refractivity contribution >= 4 is 57.8 Å². The van der Waals surface area contributed by atoms with E-state index in [4.69, 9.17) is 28.5 Å². The van der Waals surface area contributed by atoms with Crippen LogP contribution in [0.4, 0.5) is 4.79 Å². The predicted molar refractivity (Wildman–Crippen MR) is 258 cm³/mol. The minimum Gasteiger partial charge on any atom is -0.491 e. The van der Waals surface area contributed by atoms with Crippen LogP contribution in [-0.2, 0) is 28.4 Å². The predicted octanol–water partition coefficient (Wildman–Crippen LogP) is 7.92. The molecule has 364 valence electrons. The van der Waals surface area contributed by atoms with Crippen molar-refractivity contribution in [2.45, 2.75) is 165 Å². The number of carboxylic acids is 1. The fourth-order valence-corrected chi connectivity index (χ4v) is 10.5. The Bertz CT molecular complexity index is 2170. The van der Waals surface area contributed by atoms with Crippen LogP contribution in [0.1, 0.15) is 124 Å². The second-order valence-electron chi connectivity index (χ2n) is 20.4. The summed E-state index contributed by atoms with van der Waals surface area (Å²) in [7, 11) is -0.379. The molecule has 0 radical (unpaired) electrons. The summed E-state index contributed by atoms with van der Waals surface area (Å²) in [6.07, 6.45) is 16.0. The minimum absolute atomic E-state index is 0.00812. The van der Waals surface area contributed by atoms with Gasteiger partial charge in [0.25, 0.3) is 0 Å². The van der Waals surface area contributed by atoms with E-state index in [2.05, 4.69) is 37.5 Å². The first kappa shape index (κ1) is 49.2. The molecule has 17 heteroatoms. The standard InChI is InChI=1S/C50H69BBrN5O10/c1-48(2)49(3,4)67-51(66-48)24-15-8-10-19-33-29-40(33)65-47(62)54-38-23-12-7-5-6-11-20-34-31-50(34,46(60)61)55-43(58)39-30-35(32-57(39)45(38)59)64-44-41(52)42(36-21-13-14-22-37(36)53-44)63-28-18-27-56-25-16-9-17-26-56/h11,13-15,20-22,24,33-35,38-40H,5-10,12,16-19,23,25-32H2,1-4H3,(H,54,62)(H,55,58)(H,60,61)/b20-11-,24-15+/t33-,34-,35-,38+,39+,40-,50-/m1/s1. The van der Waals surface area contributed by atoms with Crippen LogP contribution in [0, 0.1) is 11.8 Å². The molecule has 2 aromatic rings. The van der Waals surface area contributed by atoms with Gasteiger partial charge in [0.15, 0.2) is 0 Å². The summed E-state index contributed by atoms with van der Waals surface area (Å²) in [5.74, 6) is 0.562. The highest BCUT2D eigenvalue weighted by atomic mass is 79.9. The Morgan fingerprint density at radius 1 is 1.03 bits per heavy atom. The molecule has 6 aliphatic rings. The number of nitrogens with one attached hydrogen (secondary N) is 2. The molecule has 3 N–H and O–H groups in total. The van der Waals surface area contributed by atoms with Crippen LogP contribution in [0.3, 0.4) is 0 Å². The Hall–Kier alpha value is -4.19. The summed E-state index contributed by atoms with van der Waals surface area (Å²) in [5, 5.41) is 16.9. The van der Waals surface area contributed by atoms with E-state index < -0.39 is 47.6 Å². The Balaban J connectivity index is 0.934. The summed E-state index contributed by atoms with van der Waals surface area (Å²) in [4.78, 5) is 64.1. The van der Waals surface area contributed by atoms with E-state index in [0.717, 1.165) is 76.4 Å². The number of amides is 3. The average Bonchev–Trinajstić information content (AvgIpc) is 4.13. The number of rotatable bonds is 15. The van der Waals surface area contributed by atoms with Crippen molar-refractivity contribution in [3.63, 3.8) is 0 Å². The molecule has 2 saturated carbocycles. The second-order valence-corrected chi connectivity index (χ2v) is 21.2. The number of unbranched alkanes of at least 4 members (excludes halogenated alkanes) is 1. The lowest BCUT2D eigenvalue weighted by Crippen LogP contribution is -2.56. The maximum atomic E-state index is 14.8. The first-order valence-corrected chi connectivity index (χ1v) is 25.6. The van der Waals surface area contributed by atoms with Crippen LogP contribution in [0.15, 0.2) is 52.9 Å². The maximum absolute atomic E-state index is 14.8. The molecule has 0 unspecified atom stereocenters. The molecule has 5 heterocycles. The van der Waals surface area contributed by atoms with E-state index in [1.54, 1.807) is 0 Å². The van der Waals surface area contributed by atoms with E-state index in [-0.39, 0.29) is 61.5 Å². The third-order valence-corrected chi connectivity index (χ3v) is 15.6. The van der Waals surface area contributed by atoms with Crippen molar-refractivity contribution in [3.05, 3.63) is 52.9 Å². The van der Waals surface area contributed by atoms with Gasteiger partial charge in [0, 0.05) is 24.3 Å². The normalized spacial score (nSPS) is 30.2. The quantitative estimate of drug-likeness (QED) is 0.0894. The highest BCUT2D eigenvalue weighted by Gasteiger charge is 2.61. The molecule has 0 bridgehead atoms. The topological polar surface area (TPSA) is 178 Å². The minimum atomic E-state index is -1.46. The number of carbonyl (C=O) groups is 4. The zero-order chi connectivity index (χ0) is 47.3. The van der Waals surface area contributed by atoms with Crippen molar-refractivity contribution in [1.82, 2.24) is 25.4 Å². The summed E-state index contributed by atoms with van der Waals surface area (Å²) < 4.78 is 31.6. The van der Waals surface area contributed by atoms with Gasteiger partial charge in [-0.25, -0.2) is 14.6 Å². The molecule has 0 spiro atoms. The number of carbonyl (C=O) groups excluding carboxylic acids is 3. The molecule has 7 atom stereocenters. The Morgan fingerprint density at radius 3 is 2.57 bits per heavy atom. The highest BCUT2D eigenvalue weighted by molar-refractivity contribution is 9.10. The molecule has 1 aromatic heterocycles. The first-order chi connectivity index (χ1) is 32.1. The zero-order valence-electron chi connectivity index (χ0n) is 39.6. The van der Waals surface area contributed by atoms with Crippen molar-refractivity contribution < 1.29 is 47.8 Å². The maximum Gasteiger partial charge on any atom is 0.486 e.